The highest BCUT2D eigenvalue weighted by Gasteiger charge is 2.73. The van der Waals surface area contributed by atoms with Gasteiger partial charge in [-0.1, -0.05) is 63.2 Å². The standard InChI is InChI=1S/C23H27Cl2N3O/c1-21(2)22(3)9-10-23(21,20(29)26-13-7-5-4-6-8-13)19-18(22)27-16-11-14(24)15(25)12-17(16)28-19/h11-13H,4-10H2,1-3H3,(H,26,29). The molecule has 2 bridgehead atoms. The van der Waals surface area contributed by atoms with Crippen LogP contribution in [0.3, 0.4) is 0 Å². The minimum Gasteiger partial charge on any atom is -0.353 e. The summed E-state index contributed by atoms with van der Waals surface area (Å²) in [4.78, 5) is 23.8. The fraction of sp³-hybridized carbons (Fsp3) is 0.609. The van der Waals surface area contributed by atoms with Gasteiger partial charge in [0.25, 0.3) is 0 Å². The van der Waals surface area contributed by atoms with Crippen LogP contribution in [0.4, 0.5) is 0 Å². The molecule has 29 heavy (non-hydrogen) atoms. The first-order valence-electron chi connectivity index (χ1n) is 10.7. The second kappa shape index (κ2) is 6.31. The number of nitrogens with zero attached hydrogens (tertiary/aromatic N) is 2. The fourth-order valence-corrected chi connectivity index (χ4v) is 6.47. The summed E-state index contributed by atoms with van der Waals surface area (Å²) < 4.78 is 0. The molecule has 6 heteroatoms. The van der Waals surface area contributed by atoms with Crippen LogP contribution in [-0.4, -0.2) is 21.9 Å². The van der Waals surface area contributed by atoms with Crippen LogP contribution < -0.4 is 5.32 Å². The van der Waals surface area contributed by atoms with Gasteiger partial charge in [0.15, 0.2) is 0 Å². The second-order valence-corrected chi connectivity index (χ2v) is 10.7. The Morgan fingerprint density at radius 1 is 0.966 bits per heavy atom. The van der Waals surface area contributed by atoms with Gasteiger partial charge in [-0.15, -0.1) is 0 Å². The van der Waals surface area contributed by atoms with Gasteiger partial charge in [-0.3, -0.25) is 4.79 Å². The minimum absolute atomic E-state index is 0.130. The van der Waals surface area contributed by atoms with Crippen molar-refractivity contribution in [3.05, 3.63) is 33.6 Å². The summed E-state index contributed by atoms with van der Waals surface area (Å²) in [5.74, 6) is 0.130. The normalized spacial score (nSPS) is 30.5. The number of amides is 1. The van der Waals surface area contributed by atoms with Crippen LogP contribution >= 0.6 is 23.2 Å². The van der Waals surface area contributed by atoms with E-state index in [1.165, 1.54) is 19.3 Å². The number of benzene rings is 1. The van der Waals surface area contributed by atoms with Crippen LogP contribution in [0, 0.1) is 5.41 Å². The zero-order valence-electron chi connectivity index (χ0n) is 17.2. The van der Waals surface area contributed by atoms with E-state index in [2.05, 4.69) is 26.1 Å². The van der Waals surface area contributed by atoms with Gasteiger partial charge in [-0.2, -0.15) is 0 Å². The number of aromatic nitrogens is 2. The molecule has 2 atom stereocenters. The van der Waals surface area contributed by atoms with Crippen molar-refractivity contribution >= 4 is 40.1 Å². The molecule has 0 radical (unpaired) electrons. The summed E-state index contributed by atoms with van der Waals surface area (Å²) in [7, 11) is 0. The molecule has 0 aliphatic heterocycles. The van der Waals surface area contributed by atoms with Crippen LogP contribution in [0.15, 0.2) is 12.1 Å². The molecule has 3 aliphatic carbocycles. The Labute approximate surface area is 181 Å². The third-order valence-corrected chi connectivity index (χ3v) is 9.13. The number of carbonyl (C=O) groups is 1. The molecule has 4 nitrogen and oxygen atoms in total. The van der Waals surface area contributed by atoms with Crippen molar-refractivity contribution in [2.24, 2.45) is 5.41 Å². The summed E-state index contributed by atoms with van der Waals surface area (Å²) in [6.45, 7) is 6.68. The van der Waals surface area contributed by atoms with Crippen molar-refractivity contribution in [2.45, 2.75) is 82.6 Å². The van der Waals surface area contributed by atoms with Gasteiger partial charge < -0.3 is 5.32 Å². The van der Waals surface area contributed by atoms with Gasteiger partial charge in [0.2, 0.25) is 5.91 Å². The lowest BCUT2D eigenvalue weighted by molar-refractivity contribution is -0.131. The zero-order chi connectivity index (χ0) is 20.6. The van der Waals surface area contributed by atoms with Crippen LogP contribution in [0.1, 0.15) is 77.1 Å². The van der Waals surface area contributed by atoms with Gasteiger partial charge in [-0.05, 0) is 43.2 Å². The number of rotatable bonds is 2. The van der Waals surface area contributed by atoms with E-state index < -0.39 is 5.41 Å². The van der Waals surface area contributed by atoms with E-state index in [1.54, 1.807) is 12.1 Å². The molecule has 2 unspecified atom stereocenters. The summed E-state index contributed by atoms with van der Waals surface area (Å²) in [6.07, 6.45) is 7.55. The van der Waals surface area contributed by atoms with E-state index in [0.29, 0.717) is 15.6 Å². The molecule has 1 aromatic carbocycles. The van der Waals surface area contributed by atoms with Gasteiger partial charge >= 0.3 is 0 Å². The molecule has 2 fully saturated rings. The monoisotopic (exact) mass is 431 g/mol. The summed E-state index contributed by atoms with van der Waals surface area (Å²) in [5, 5.41) is 4.35. The van der Waals surface area contributed by atoms with E-state index >= 15 is 0 Å². The predicted molar refractivity (Wildman–Crippen MR) is 117 cm³/mol. The molecule has 1 amide bonds. The Balaban J connectivity index is 1.67. The Morgan fingerprint density at radius 3 is 2.17 bits per heavy atom. The van der Waals surface area contributed by atoms with Crippen molar-refractivity contribution < 1.29 is 4.79 Å². The van der Waals surface area contributed by atoms with E-state index in [9.17, 15) is 4.79 Å². The number of hydrogen-bond donors (Lipinski definition) is 1. The molecule has 3 aliphatic rings. The van der Waals surface area contributed by atoms with Crippen molar-refractivity contribution in [2.75, 3.05) is 0 Å². The minimum atomic E-state index is -0.651. The molecular formula is C23H27Cl2N3O. The van der Waals surface area contributed by atoms with Crippen molar-refractivity contribution in [3.63, 3.8) is 0 Å². The fourth-order valence-electron chi connectivity index (χ4n) is 6.16. The highest BCUT2D eigenvalue weighted by Crippen LogP contribution is 2.70. The molecule has 0 saturated heterocycles. The van der Waals surface area contributed by atoms with E-state index in [0.717, 1.165) is 42.6 Å². The van der Waals surface area contributed by atoms with Crippen molar-refractivity contribution in [1.29, 1.82) is 0 Å². The average molecular weight is 432 g/mol. The zero-order valence-corrected chi connectivity index (χ0v) is 18.8. The Bertz CT molecular complexity index is 1030. The largest absolute Gasteiger partial charge is 0.353 e. The quantitative estimate of drug-likeness (QED) is 0.661. The molecule has 1 heterocycles. The highest BCUT2D eigenvalue weighted by atomic mass is 35.5. The summed E-state index contributed by atoms with van der Waals surface area (Å²) >= 11 is 12.5. The molecule has 1 aromatic heterocycles. The highest BCUT2D eigenvalue weighted by molar-refractivity contribution is 6.42. The van der Waals surface area contributed by atoms with Crippen LogP contribution in [0.25, 0.3) is 11.0 Å². The van der Waals surface area contributed by atoms with Crippen LogP contribution in [0.2, 0.25) is 10.0 Å². The molecule has 2 saturated carbocycles. The molecule has 154 valence electrons. The second-order valence-electron chi connectivity index (χ2n) is 9.85. The van der Waals surface area contributed by atoms with Crippen LogP contribution in [0.5, 0.6) is 0 Å². The van der Waals surface area contributed by atoms with Gasteiger partial charge in [0.05, 0.1) is 37.9 Å². The smallest absolute Gasteiger partial charge is 0.233 e. The van der Waals surface area contributed by atoms with E-state index in [1.807, 2.05) is 0 Å². The average Bonchev–Trinajstić information content (AvgIpc) is 2.98. The maximum atomic E-state index is 13.8. The molecule has 5 rings (SSSR count). The van der Waals surface area contributed by atoms with Crippen molar-refractivity contribution in [1.82, 2.24) is 15.3 Å². The Kier molecular flexibility index (Phi) is 4.25. The third-order valence-electron chi connectivity index (χ3n) is 8.41. The number of halogens is 2. The van der Waals surface area contributed by atoms with Gasteiger partial charge in [-0.25, -0.2) is 9.97 Å². The first-order valence-corrected chi connectivity index (χ1v) is 11.4. The van der Waals surface area contributed by atoms with Gasteiger partial charge in [0, 0.05) is 11.5 Å². The first-order chi connectivity index (χ1) is 13.7. The number of carbonyl (C=O) groups excluding carboxylic acids is 1. The first kappa shape index (κ1) is 19.6. The molecule has 1 N–H and O–H groups in total. The Hall–Kier alpha value is -1.39. The lowest BCUT2D eigenvalue weighted by Crippen LogP contribution is -2.53. The van der Waals surface area contributed by atoms with Crippen LogP contribution in [-0.2, 0) is 15.6 Å². The maximum Gasteiger partial charge on any atom is 0.233 e. The van der Waals surface area contributed by atoms with Crippen molar-refractivity contribution in [3.8, 4) is 0 Å². The van der Waals surface area contributed by atoms with E-state index in [-0.39, 0.29) is 22.8 Å². The molecule has 0 spiro atoms. The third kappa shape index (κ3) is 2.42. The number of nitrogens with one attached hydrogen (secondary N) is 1. The molecule has 2 aromatic rings. The summed E-state index contributed by atoms with van der Waals surface area (Å²) in [6, 6.07) is 3.82. The van der Waals surface area contributed by atoms with Gasteiger partial charge in [0.1, 0.15) is 0 Å². The predicted octanol–water partition coefficient (Wildman–Crippen LogP) is 5.71. The van der Waals surface area contributed by atoms with E-state index in [4.69, 9.17) is 33.2 Å². The lowest BCUT2D eigenvalue weighted by Gasteiger charge is -2.40. The topological polar surface area (TPSA) is 54.9 Å². The lowest BCUT2D eigenvalue weighted by atomic mass is 9.63. The Morgan fingerprint density at radius 2 is 1.55 bits per heavy atom. The SMILES string of the molecule is CC12CCC(C(=O)NC3CCCCC3)(c3nc4cc(Cl)c(Cl)cc4nc31)C2(C)C. The maximum absolute atomic E-state index is 13.8. The number of fused-ring (bicyclic) bond motifs is 6. The summed E-state index contributed by atoms with van der Waals surface area (Å²) in [5.41, 5.74) is 2.13. The molecular weight excluding hydrogens is 405 g/mol. The number of hydrogen-bond acceptors (Lipinski definition) is 3.